The number of halogens is 1. The zero-order chi connectivity index (χ0) is 20.5. The predicted octanol–water partition coefficient (Wildman–Crippen LogP) is 5.19. The molecule has 3 aromatic rings. The Morgan fingerprint density at radius 1 is 1.00 bits per heavy atom. The second kappa shape index (κ2) is 10.4. The maximum Gasteiger partial charge on any atom is 0.272 e. The van der Waals surface area contributed by atoms with Gasteiger partial charge in [-0.1, -0.05) is 42.5 Å². The number of carbonyl (C=O) groups is 1. The molecule has 5 nitrogen and oxygen atoms in total. The van der Waals surface area contributed by atoms with Gasteiger partial charge in [-0.25, -0.2) is 5.43 Å². The van der Waals surface area contributed by atoms with Gasteiger partial charge in [0.2, 0.25) is 0 Å². The molecule has 29 heavy (non-hydrogen) atoms. The second-order valence-corrected chi connectivity index (χ2v) is 6.95. The second-order valence-electron chi connectivity index (χ2n) is 6.09. The Morgan fingerprint density at radius 2 is 1.76 bits per heavy atom. The lowest BCUT2D eigenvalue weighted by atomic mass is 10.2. The SMILES string of the molecule is CCOc1cc(/C=N\NC(=O)c2ccccc2Br)ccc1OCc1ccccc1. The fraction of sp³-hybridized carbons (Fsp3) is 0.130. The van der Waals surface area contributed by atoms with Gasteiger partial charge in [0.05, 0.1) is 18.4 Å². The number of rotatable bonds is 8. The Bertz CT molecular complexity index is 990. The summed E-state index contributed by atoms with van der Waals surface area (Å²) in [6.45, 7) is 2.89. The molecule has 0 bridgehead atoms. The Labute approximate surface area is 178 Å². The van der Waals surface area contributed by atoms with E-state index in [0.717, 1.165) is 11.1 Å². The van der Waals surface area contributed by atoms with Gasteiger partial charge in [0.25, 0.3) is 5.91 Å². The summed E-state index contributed by atoms with van der Waals surface area (Å²) in [6.07, 6.45) is 1.57. The summed E-state index contributed by atoms with van der Waals surface area (Å²) in [5, 5.41) is 4.04. The number of hydrogen-bond donors (Lipinski definition) is 1. The van der Waals surface area contributed by atoms with Crippen molar-refractivity contribution in [1.82, 2.24) is 5.43 Å². The van der Waals surface area contributed by atoms with Gasteiger partial charge in [0.1, 0.15) is 6.61 Å². The van der Waals surface area contributed by atoms with Crippen molar-refractivity contribution in [2.45, 2.75) is 13.5 Å². The highest BCUT2D eigenvalue weighted by atomic mass is 79.9. The standard InChI is InChI=1S/C23H21BrN2O3/c1-2-28-22-14-18(12-13-21(22)29-16-17-8-4-3-5-9-17)15-25-26-23(27)19-10-6-7-11-20(19)24/h3-15H,2,16H2,1H3,(H,26,27)/b25-15-. The van der Waals surface area contributed by atoms with Crippen LogP contribution in [0.25, 0.3) is 0 Å². The van der Waals surface area contributed by atoms with Crippen molar-refractivity contribution in [2.75, 3.05) is 6.61 Å². The third-order valence-corrected chi connectivity index (χ3v) is 4.69. The van der Waals surface area contributed by atoms with Crippen LogP contribution in [0.2, 0.25) is 0 Å². The molecule has 3 aromatic carbocycles. The predicted molar refractivity (Wildman–Crippen MR) is 118 cm³/mol. The summed E-state index contributed by atoms with van der Waals surface area (Å²) < 4.78 is 12.3. The molecule has 0 radical (unpaired) electrons. The van der Waals surface area contributed by atoms with E-state index in [9.17, 15) is 4.79 Å². The fourth-order valence-electron chi connectivity index (χ4n) is 2.60. The van der Waals surface area contributed by atoms with Crippen LogP contribution in [-0.4, -0.2) is 18.7 Å². The number of benzene rings is 3. The van der Waals surface area contributed by atoms with Crippen LogP contribution in [0.1, 0.15) is 28.4 Å². The zero-order valence-electron chi connectivity index (χ0n) is 16.0. The number of hydrazone groups is 1. The quantitative estimate of drug-likeness (QED) is 0.377. The van der Waals surface area contributed by atoms with Gasteiger partial charge in [-0.15, -0.1) is 0 Å². The number of amides is 1. The summed E-state index contributed by atoms with van der Waals surface area (Å²) in [6, 6.07) is 22.6. The summed E-state index contributed by atoms with van der Waals surface area (Å²) in [7, 11) is 0. The van der Waals surface area contributed by atoms with Crippen LogP contribution in [0.4, 0.5) is 0 Å². The minimum absolute atomic E-state index is 0.290. The lowest BCUT2D eigenvalue weighted by Crippen LogP contribution is -2.18. The van der Waals surface area contributed by atoms with E-state index < -0.39 is 0 Å². The third-order valence-electron chi connectivity index (χ3n) is 4.00. The van der Waals surface area contributed by atoms with Crippen molar-refractivity contribution < 1.29 is 14.3 Å². The highest BCUT2D eigenvalue weighted by Gasteiger charge is 2.09. The van der Waals surface area contributed by atoms with Gasteiger partial charge in [0, 0.05) is 4.47 Å². The molecular weight excluding hydrogens is 432 g/mol. The molecule has 0 unspecified atom stereocenters. The van der Waals surface area contributed by atoms with Crippen LogP contribution in [0.5, 0.6) is 11.5 Å². The number of ether oxygens (including phenoxy) is 2. The van der Waals surface area contributed by atoms with Gasteiger partial charge < -0.3 is 9.47 Å². The van der Waals surface area contributed by atoms with Gasteiger partial charge in [-0.05, 0) is 64.3 Å². The normalized spacial score (nSPS) is 10.7. The molecule has 0 atom stereocenters. The zero-order valence-corrected chi connectivity index (χ0v) is 17.6. The average molecular weight is 453 g/mol. The molecule has 6 heteroatoms. The maximum absolute atomic E-state index is 12.2. The van der Waals surface area contributed by atoms with E-state index in [1.807, 2.05) is 61.5 Å². The highest BCUT2D eigenvalue weighted by molar-refractivity contribution is 9.10. The van der Waals surface area contributed by atoms with E-state index in [4.69, 9.17) is 9.47 Å². The molecule has 0 fully saturated rings. The number of nitrogens with zero attached hydrogens (tertiary/aromatic N) is 1. The molecule has 0 aliphatic heterocycles. The van der Waals surface area contributed by atoms with Crippen LogP contribution in [0.3, 0.4) is 0 Å². The lowest BCUT2D eigenvalue weighted by Gasteiger charge is -2.12. The number of nitrogens with one attached hydrogen (secondary N) is 1. The fourth-order valence-corrected chi connectivity index (χ4v) is 3.06. The first-order chi connectivity index (χ1) is 14.2. The summed E-state index contributed by atoms with van der Waals surface area (Å²) >= 11 is 3.36. The van der Waals surface area contributed by atoms with Crippen molar-refractivity contribution in [3.8, 4) is 11.5 Å². The largest absolute Gasteiger partial charge is 0.490 e. The third kappa shape index (κ3) is 5.93. The van der Waals surface area contributed by atoms with Crippen molar-refractivity contribution in [3.63, 3.8) is 0 Å². The molecule has 0 aliphatic carbocycles. The number of carbonyl (C=O) groups excluding carboxylic acids is 1. The molecule has 0 heterocycles. The maximum atomic E-state index is 12.2. The lowest BCUT2D eigenvalue weighted by molar-refractivity contribution is 0.0954. The molecular formula is C23H21BrN2O3. The Balaban J connectivity index is 1.66. The Kier molecular flexibility index (Phi) is 7.41. The molecule has 0 aromatic heterocycles. The first-order valence-corrected chi connectivity index (χ1v) is 9.98. The summed E-state index contributed by atoms with van der Waals surface area (Å²) in [5.41, 5.74) is 4.91. The molecule has 0 saturated heterocycles. The van der Waals surface area contributed by atoms with Gasteiger partial charge in [0.15, 0.2) is 11.5 Å². The van der Waals surface area contributed by atoms with Crippen molar-refractivity contribution in [1.29, 1.82) is 0 Å². The molecule has 148 valence electrons. The van der Waals surface area contributed by atoms with E-state index in [-0.39, 0.29) is 5.91 Å². The van der Waals surface area contributed by atoms with Crippen LogP contribution in [-0.2, 0) is 6.61 Å². The van der Waals surface area contributed by atoms with E-state index in [0.29, 0.717) is 34.7 Å². The highest BCUT2D eigenvalue weighted by Crippen LogP contribution is 2.29. The smallest absolute Gasteiger partial charge is 0.272 e. The molecule has 0 spiro atoms. The molecule has 1 N–H and O–H groups in total. The van der Waals surface area contributed by atoms with Crippen molar-refractivity contribution in [2.24, 2.45) is 5.10 Å². The first-order valence-electron chi connectivity index (χ1n) is 9.19. The van der Waals surface area contributed by atoms with Gasteiger partial charge >= 0.3 is 0 Å². The van der Waals surface area contributed by atoms with Crippen LogP contribution in [0.15, 0.2) is 82.4 Å². The Hall–Kier alpha value is -3.12. The monoisotopic (exact) mass is 452 g/mol. The number of hydrogen-bond acceptors (Lipinski definition) is 4. The van der Waals surface area contributed by atoms with Crippen molar-refractivity contribution in [3.05, 3.63) is 94.0 Å². The summed E-state index contributed by atoms with van der Waals surface area (Å²) in [4.78, 5) is 12.2. The summed E-state index contributed by atoms with van der Waals surface area (Å²) in [5.74, 6) is 0.996. The van der Waals surface area contributed by atoms with E-state index >= 15 is 0 Å². The van der Waals surface area contributed by atoms with E-state index in [1.165, 1.54) is 0 Å². The van der Waals surface area contributed by atoms with Crippen molar-refractivity contribution >= 4 is 28.1 Å². The van der Waals surface area contributed by atoms with E-state index in [2.05, 4.69) is 26.5 Å². The van der Waals surface area contributed by atoms with Gasteiger partial charge in [-0.2, -0.15) is 5.10 Å². The average Bonchev–Trinajstić information content (AvgIpc) is 2.74. The van der Waals surface area contributed by atoms with E-state index in [1.54, 1.807) is 24.4 Å². The molecule has 0 aliphatic rings. The van der Waals surface area contributed by atoms with Crippen LogP contribution < -0.4 is 14.9 Å². The topological polar surface area (TPSA) is 59.9 Å². The minimum Gasteiger partial charge on any atom is -0.490 e. The molecule has 0 saturated carbocycles. The first kappa shape index (κ1) is 20.6. The minimum atomic E-state index is -0.290. The molecule has 3 rings (SSSR count). The Morgan fingerprint density at radius 3 is 2.52 bits per heavy atom. The molecule has 1 amide bonds. The van der Waals surface area contributed by atoms with Crippen LogP contribution in [0, 0.1) is 0 Å². The van der Waals surface area contributed by atoms with Gasteiger partial charge in [-0.3, -0.25) is 4.79 Å². The van der Waals surface area contributed by atoms with Crippen LogP contribution >= 0.6 is 15.9 Å².